The Balaban J connectivity index is 2.54. The molecule has 18 heavy (non-hydrogen) atoms. The number of carbonyl (C=O) groups is 1. The Morgan fingerprint density at radius 2 is 2.00 bits per heavy atom. The number of carbonyl (C=O) groups excluding carboxylic acids is 1. The summed E-state index contributed by atoms with van der Waals surface area (Å²) in [5.74, 6) is -0.271. The van der Waals surface area contributed by atoms with Gasteiger partial charge in [-0.25, -0.2) is 4.79 Å². The smallest absolute Gasteiger partial charge is 0.338 e. The Labute approximate surface area is 108 Å². The van der Waals surface area contributed by atoms with Crippen molar-refractivity contribution in [2.45, 2.75) is 19.9 Å². The summed E-state index contributed by atoms with van der Waals surface area (Å²) in [5.41, 5.74) is 1.69. The van der Waals surface area contributed by atoms with Crippen LogP contribution in [0.4, 0.5) is 0 Å². The van der Waals surface area contributed by atoms with Gasteiger partial charge in [0, 0.05) is 13.1 Å². The lowest BCUT2D eigenvalue weighted by Gasteiger charge is -2.15. The third kappa shape index (κ3) is 4.85. The van der Waals surface area contributed by atoms with Gasteiger partial charge >= 0.3 is 5.97 Å². The summed E-state index contributed by atoms with van der Waals surface area (Å²) in [6.45, 7) is 3.97. The van der Waals surface area contributed by atoms with Crippen LogP contribution in [0.15, 0.2) is 24.3 Å². The van der Waals surface area contributed by atoms with Gasteiger partial charge in [0.05, 0.1) is 18.8 Å². The molecule has 1 aromatic carbocycles. The van der Waals surface area contributed by atoms with Crippen molar-refractivity contribution < 1.29 is 14.6 Å². The lowest BCUT2D eigenvalue weighted by molar-refractivity contribution is 0.0505. The van der Waals surface area contributed by atoms with E-state index in [1.54, 1.807) is 12.1 Å². The minimum Gasteiger partial charge on any atom is -0.462 e. The van der Waals surface area contributed by atoms with Gasteiger partial charge in [0.1, 0.15) is 0 Å². The zero-order chi connectivity index (χ0) is 13.4. The van der Waals surface area contributed by atoms with Gasteiger partial charge in [-0.2, -0.15) is 0 Å². The number of aliphatic hydroxyl groups is 1. The molecule has 100 valence electrons. The number of likely N-dealkylation sites (N-methyl/N-ethyl adjacent to an activating group) is 1. The fourth-order valence-electron chi connectivity index (χ4n) is 1.59. The molecule has 0 radical (unpaired) electrons. The Kier molecular flexibility index (Phi) is 6.39. The first kappa shape index (κ1) is 14.7. The van der Waals surface area contributed by atoms with Crippen molar-refractivity contribution in [2.24, 2.45) is 0 Å². The SMILES string of the molecule is CCCOC(=O)c1ccc(CN(C)CCO)cc1. The summed E-state index contributed by atoms with van der Waals surface area (Å²) in [4.78, 5) is 13.6. The van der Waals surface area contributed by atoms with Gasteiger partial charge in [-0.15, -0.1) is 0 Å². The number of aliphatic hydroxyl groups excluding tert-OH is 1. The number of ether oxygens (including phenoxy) is 1. The molecule has 0 heterocycles. The molecule has 0 aliphatic heterocycles. The Hall–Kier alpha value is -1.39. The van der Waals surface area contributed by atoms with E-state index in [0.717, 1.165) is 18.5 Å². The van der Waals surface area contributed by atoms with Crippen molar-refractivity contribution in [1.82, 2.24) is 4.90 Å². The lowest BCUT2D eigenvalue weighted by Crippen LogP contribution is -2.21. The van der Waals surface area contributed by atoms with Crippen molar-refractivity contribution >= 4 is 5.97 Å². The van der Waals surface area contributed by atoms with Crippen LogP contribution < -0.4 is 0 Å². The van der Waals surface area contributed by atoms with E-state index in [1.807, 2.05) is 31.0 Å². The average molecular weight is 251 g/mol. The number of benzene rings is 1. The van der Waals surface area contributed by atoms with Crippen LogP contribution in [-0.2, 0) is 11.3 Å². The molecule has 0 spiro atoms. The molecule has 0 aromatic heterocycles. The largest absolute Gasteiger partial charge is 0.462 e. The highest BCUT2D eigenvalue weighted by molar-refractivity contribution is 5.89. The van der Waals surface area contributed by atoms with E-state index in [9.17, 15) is 4.79 Å². The maximum absolute atomic E-state index is 11.6. The van der Waals surface area contributed by atoms with Crippen LogP contribution in [0, 0.1) is 0 Å². The van der Waals surface area contributed by atoms with E-state index >= 15 is 0 Å². The molecule has 4 nitrogen and oxygen atoms in total. The van der Waals surface area contributed by atoms with Gasteiger partial charge in [-0.3, -0.25) is 4.90 Å². The van der Waals surface area contributed by atoms with Crippen molar-refractivity contribution in [3.63, 3.8) is 0 Å². The first-order chi connectivity index (χ1) is 8.67. The van der Waals surface area contributed by atoms with Crippen LogP contribution in [0.3, 0.4) is 0 Å². The zero-order valence-electron chi connectivity index (χ0n) is 11.1. The van der Waals surface area contributed by atoms with Gasteiger partial charge < -0.3 is 9.84 Å². The highest BCUT2D eigenvalue weighted by Crippen LogP contribution is 2.08. The Bertz CT molecular complexity index is 362. The number of hydrogen-bond donors (Lipinski definition) is 1. The average Bonchev–Trinajstić information content (AvgIpc) is 2.37. The predicted octanol–water partition coefficient (Wildman–Crippen LogP) is 1.68. The van der Waals surface area contributed by atoms with E-state index in [2.05, 4.69) is 0 Å². The van der Waals surface area contributed by atoms with Gasteiger partial charge in [0.15, 0.2) is 0 Å². The summed E-state index contributed by atoms with van der Waals surface area (Å²) < 4.78 is 5.05. The molecule has 0 saturated carbocycles. The van der Waals surface area contributed by atoms with Gasteiger partial charge in [-0.05, 0) is 31.2 Å². The molecule has 1 aromatic rings. The van der Waals surface area contributed by atoms with Crippen molar-refractivity contribution in [1.29, 1.82) is 0 Å². The third-order valence-electron chi connectivity index (χ3n) is 2.56. The molecule has 0 amide bonds. The quantitative estimate of drug-likeness (QED) is 0.749. The molecule has 0 saturated heterocycles. The predicted molar refractivity (Wildman–Crippen MR) is 70.4 cm³/mol. The van der Waals surface area contributed by atoms with Crippen LogP contribution >= 0.6 is 0 Å². The molecular formula is C14H21NO3. The van der Waals surface area contributed by atoms with Gasteiger partial charge in [-0.1, -0.05) is 19.1 Å². The summed E-state index contributed by atoms with van der Waals surface area (Å²) in [5, 5.41) is 8.81. The van der Waals surface area contributed by atoms with Gasteiger partial charge in [0.2, 0.25) is 0 Å². The first-order valence-electron chi connectivity index (χ1n) is 6.22. The van der Waals surface area contributed by atoms with E-state index in [0.29, 0.717) is 18.7 Å². The summed E-state index contributed by atoms with van der Waals surface area (Å²) in [6, 6.07) is 7.38. The second-order valence-electron chi connectivity index (χ2n) is 4.29. The highest BCUT2D eigenvalue weighted by atomic mass is 16.5. The monoisotopic (exact) mass is 251 g/mol. The van der Waals surface area contributed by atoms with Crippen molar-refractivity contribution in [3.8, 4) is 0 Å². The van der Waals surface area contributed by atoms with E-state index < -0.39 is 0 Å². The maximum atomic E-state index is 11.6. The second-order valence-corrected chi connectivity index (χ2v) is 4.29. The molecule has 1 N–H and O–H groups in total. The third-order valence-corrected chi connectivity index (χ3v) is 2.56. The second kappa shape index (κ2) is 7.84. The van der Waals surface area contributed by atoms with E-state index in [-0.39, 0.29) is 12.6 Å². The standard InChI is InChI=1S/C14H21NO3/c1-3-10-18-14(17)13-6-4-12(5-7-13)11-15(2)8-9-16/h4-7,16H,3,8-11H2,1-2H3. The molecule has 0 unspecified atom stereocenters. The fraction of sp³-hybridized carbons (Fsp3) is 0.500. The van der Waals surface area contributed by atoms with Crippen molar-refractivity contribution in [2.75, 3.05) is 26.8 Å². The topological polar surface area (TPSA) is 49.8 Å². The van der Waals surface area contributed by atoms with Crippen LogP contribution in [0.1, 0.15) is 29.3 Å². The summed E-state index contributed by atoms with van der Waals surface area (Å²) in [7, 11) is 1.94. The maximum Gasteiger partial charge on any atom is 0.338 e. The van der Waals surface area contributed by atoms with Crippen LogP contribution in [-0.4, -0.2) is 42.8 Å². The Morgan fingerprint density at radius 1 is 1.33 bits per heavy atom. The molecule has 0 atom stereocenters. The fourth-order valence-corrected chi connectivity index (χ4v) is 1.59. The molecule has 0 aliphatic rings. The number of hydrogen-bond acceptors (Lipinski definition) is 4. The van der Waals surface area contributed by atoms with Crippen LogP contribution in [0.2, 0.25) is 0 Å². The molecule has 0 bridgehead atoms. The zero-order valence-corrected chi connectivity index (χ0v) is 11.1. The molecule has 1 rings (SSSR count). The van der Waals surface area contributed by atoms with E-state index in [1.165, 1.54) is 0 Å². The van der Waals surface area contributed by atoms with Crippen molar-refractivity contribution in [3.05, 3.63) is 35.4 Å². The summed E-state index contributed by atoms with van der Waals surface area (Å²) in [6.07, 6.45) is 0.829. The van der Waals surface area contributed by atoms with Gasteiger partial charge in [0.25, 0.3) is 0 Å². The number of rotatable bonds is 7. The lowest BCUT2D eigenvalue weighted by atomic mass is 10.1. The number of esters is 1. The first-order valence-corrected chi connectivity index (χ1v) is 6.22. The molecular weight excluding hydrogens is 230 g/mol. The van der Waals surface area contributed by atoms with Crippen LogP contribution in [0.25, 0.3) is 0 Å². The molecule has 0 fully saturated rings. The Morgan fingerprint density at radius 3 is 2.56 bits per heavy atom. The summed E-state index contributed by atoms with van der Waals surface area (Å²) >= 11 is 0. The molecule has 0 aliphatic carbocycles. The normalized spacial score (nSPS) is 10.7. The highest BCUT2D eigenvalue weighted by Gasteiger charge is 2.06. The number of nitrogens with zero attached hydrogens (tertiary/aromatic N) is 1. The van der Waals surface area contributed by atoms with E-state index in [4.69, 9.17) is 9.84 Å². The van der Waals surface area contributed by atoms with Crippen LogP contribution in [0.5, 0.6) is 0 Å². The molecule has 4 heteroatoms. The minimum absolute atomic E-state index is 0.151. The minimum atomic E-state index is -0.271.